The second kappa shape index (κ2) is 3.03. The van der Waals surface area contributed by atoms with Gasteiger partial charge in [0.2, 0.25) is 0 Å². The molecule has 0 spiro atoms. The highest BCUT2D eigenvalue weighted by Gasteiger charge is 2.42. The largest absolute Gasteiger partial charge is 0.508 e. The number of nitrogens with zero attached hydrogens (tertiary/aromatic N) is 1. The molecule has 1 N–H and O–H groups in total. The topological polar surface area (TPSA) is 29.5 Å². The molecule has 3 nitrogen and oxygen atoms in total. The summed E-state index contributed by atoms with van der Waals surface area (Å²) in [6.45, 7) is 6.08. The minimum absolute atomic E-state index is 0.245. The zero-order chi connectivity index (χ0) is 10.2. The summed E-state index contributed by atoms with van der Waals surface area (Å²) in [4.78, 5) is 0. The van der Waals surface area contributed by atoms with Gasteiger partial charge in [-0.05, 0) is 24.3 Å². The first-order valence-corrected chi connectivity index (χ1v) is 4.61. The Labute approximate surface area is 83.4 Å². The van der Waals surface area contributed by atoms with E-state index in [1.807, 2.05) is 0 Å². The van der Waals surface area contributed by atoms with Gasteiger partial charge in [-0.25, -0.2) is 0 Å². The molecule has 1 aromatic carbocycles. The van der Waals surface area contributed by atoms with E-state index in [2.05, 4.69) is 13.6 Å². The number of quaternary nitrogens is 1. The van der Waals surface area contributed by atoms with E-state index < -0.39 is 0 Å². The number of likely N-dealkylation sites (N-methyl/N-ethyl adjacent to an activating group) is 1. The molecule has 0 bridgehead atoms. The summed E-state index contributed by atoms with van der Waals surface area (Å²) in [5.74, 6) is 1.73. The van der Waals surface area contributed by atoms with E-state index in [1.165, 1.54) is 0 Å². The first-order chi connectivity index (χ1) is 6.60. The van der Waals surface area contributed by atoms with Crippen LogP contribution in [0.25, 0.3) is 0 Å². The highest BCUT2D eigenvalue weighted by molar-refractivity contribution is 5.30. The monoisotopic (exact) mass is 192 g/mol. The number of hydrogen-bond donors (Lipinski definition) is 1. The molecular weight excluding hydrogens is 178 g/mol. The molecule has 0 unspecified atom stereocenters. The Morgan fingerprint density at radius 2 is 1.93 bits per heavy atom. The van der Waals surface area contributed by atoms with E-state index >= 15 is 0 Å². The van der Waals surface area contributed by atoms with Crippen LogP contribution >= 0.6 is 0 Å². The summed E-state index contributed by atoms with van der Waals surface area (Å²) in [5.41, 5.74) is 0. The first-order valence-electron chi connectivity index (χ1n) is 4.61. The van der Waals surface area contributed by atoms with Crippen LogP contribution < -0.4 is 4.74 Å². The van der Waals surface area contributed by atoms with Gasteiger partial charge in [0.25, 0.3) is 5.88 Å². The van der Waals surface area contributed by atoms with Gasteiger partial charge in [0.15, 0.2) is 0 Å². The maximum atomic E-state index is 9.08. The summed E-state index contributed by atoms with van der Waals surface area (Å²) >= 11 is 0. The molecule has 1 heterocycles. The molecule has 0 aliphatic carbocycles. The third-order valence-electron chi connectivity index (χ3n) is 2.57. The molecular formula is C11H14NO2+. The highest BCUT2D eigenvalue weighted by atomic mass is 16.5. The van der Waals surface area contributed by atoms with E-state index in [0.29, 0.717) is 0 Å². The molecule has 14 heavy (non-hydrogen) atoms. The fraction of sp³-hybridized carbons (Fsp3) is 0.273. The second-order valence-corrected chi connectivity index (χ2v) is 3.83. The number of hydrogen-bond acceptors (Lipinski definition) is 2. The lowest BCUT2D eigenvalue weighted by molar-refractivity contribution is -0.750. The van der Waals surface area contributed by atoms with Crippen molar-refractivity contribution in [1.29, 1.82) is 0 Å². The predicted molar refractivity (Wildman–Crippen MR) is 53.8 cm³/mol. The SMILES string of the molecule is C=C(Oc1ccc(O)cc1)[N+]1(C)CC1. The van der Waals surface area contributed by atoms with Gasteiger partial charge in [-0.1, -0.05) is 0 Å². The van der Waals surface area contributed by atoms with Gasteiger partial charge in [-0.2, -0.15) is 0 Å². The summed E-state index contributed by atoms with van der Waals surface area (Å²) in [7, 11) is 2.09. The van der Waals surface area contributed by atoms with E-state index in [0.717, 1.165) is 29.2 Å². The summed E-state index contributed by atoms with van der Waals surface area (Å²) < 4.78 is 6.36. The van der Waals surface area contributed by atoms with Crippen LogP contribution in [0.5, 0.6) is 11.5 Å². The molecule has 1 fully saturated rings. The fourth-order valence-corrected chi connectivity index (χ4v) is 1.16. The summed E-state index contributed by atoms with van der Waals surface area (Å²) in [6, 6.07) is 6.67. The van der Waals surface area contributed by atoms with Crippen LogP contribution in [0.15, 0.2) is 36.7 Å². The zero-order valence-corrected chi connectivity index (χ0v) is 8.23. The van der Waals surface area contributed by atoms with Crippen molar-refractivity contribution in [3.05, 3.63) is 36.7 Å². The van der Waals surface area contributed by atoms with Crippen molar-refractivity contribution in [1.82, 2.24) is 0 Å². The second-order valence-electron chi connectivity index (χ2n) is 3.83. The van der Waals surface area contributed by atoms with E-state index in [-0.39, 0.29) is 5.75 Å². The molecule has 0 atom stereocenters. The normalized spacial score (nSPS) is 17.5. The van der Waals surface area contributed by atoms with Crippen LogP contribution in [-0.4, -0.2) is 29.7 Å². The van der Waals surface area contributed by atoms with Gasteiger partial charge in [0, 0.05) is 6.58 Å². The molecule has 0 amide bonds. The minimum atomic E-state index is 0.245. The van der Waals surface area contributed by atoms with Crippen LogP contribution in [0.1, 0.15) is 0 Å². The van der Waals surface area contributed by atoms with Gasteiger partial charge in [-0.3, -0.25) is 4.48 Å². The Kier molecular flexibility index (Phi) is 1.97. The lowest BCUT2D eigenvalue weighted by Gasteiger charge is -2.14. The minimum Gasteiger partial charge on any atom is -0.508 e. The average Bonchev–Trinajstić information content (AvgIpc) is 2.89. The molecule has 1 aliphatic rings. The van der Waals surface area contributed by atoms with E-state index in [9.17, 15) is 0 Å². The molecule has 0 radical (unpaired) electrons. The first kappa shape index (κ1) is 9.09. The molecule has 3 heteroatoms. The van der Waals surface area contributed by atoms with E-state index in [1.54, 1.807) is 24.3 Å². The average molecular weight is 192 g/mol. The van der Waals surface area contributed by atoms with Crippen LogP contribution in [0, 0.1) is 0 Å². The van der Waals surface area contributed by atoms with Crippen LogP contribution in [0.2, 0.25) is 0 Å². The molecule has 1 saturated heterocycles. The Balaban J connectivity index is 2.04. The fourth-order valence-electron chi connectivity index (χ4n) is 1.16. The van der Waals surface area contributed by atoms with Gasteiger partial charge < -0.3 is 9.84 Å². The standard InChI is InChI=1S/C11H13NO2/c1-9(12(2)7-8-12)14-11-5-3-10(13)4-6-11/h3-6H,1,7-8H2,2H3/p+1. The number of ether oxygens (including phenoxy) is 1. The maximum Gasteiger partial charge on any atom is 0.289 e. The molecule has 0 saturated carbocycles. The van der Waals surface area contributed by atoms with Gasteiger partial charge in [-0.15, -0.1) is 0 Å². The van der Waals surface area contributed by atoms with Gasteiger partial charge >= 0.3 is 0 Å². The lowest BCUT2D eigenvalue weighted by atomic mass is 10.3. The van der Waals surface area contributed by atoms with E-state index in [4.69, 9.17) is 9.84 Å². The molecule has 1 aromatic rings. The highest BCUT2D eigenvalue weighted by Crippen LogP contribution is 2.27. The number of rotatable bonds is 3. The maximum absolute atomic E-state index is 9.08. The number of benzene rings is 1. The Morgan fingerprint density at radius 3 is 2.43 bits per heavy atom. The number of phenolic OH excluding ortho intramolecular Hbond substituents is 1. The van der Waals surface area contributed by atoms with Gasteiger partial charge in [0.1, 0.15) is 24.6 Å². The van der Waals surface area contributed by atoms with Crippen LogP contribution in [0.4, 0.5) is 0 Å². The Morgan fingerprint density at radius 1 is 1.36 bits per heavy atom. The van der Waals surface area contributed by atoms with Crippen molar-refractivity contribution >= 4 is 0 Å². The van der Waals surface area contributed by atoms with Crippen LogP contribution in [0.3, 0.4) is 0 Å². The number of aromatic hydroxyl groups is 1. The third kappa shape index (κ3) is 1.72. The zero-order valence-electron chi connectivity index (χ0n) is 8.23. The van der Waals surface area contributed by atoms with Crippen molar-refractivity contribution in [2.45, 2.75) is 0 Å². The summed E-state index contributed by atoms with van der Waals surface area (Å²) in [6.07, 6.45) is 0. The van der Waals surface area contributed by atoms with Crippen molar-refractivity contribution in [3.8, 4) is 11.5 Å². The Hall–Kier alpha value is -1.48. The molecule has 1 aliphatic heterocycles. The van der Waals surface area contributed by atoms with Crippen molar-refractivity contribution in [2.75, 3.05) is 20.1 Å². The number of phenols is 1. The summed E-state index contributed by atoms with van der Waals surface area (Å²) in [5, 5.41) is 9.08. The lowest BCUT2D eigenvalue weighted by Crippen LogP contribution is -2.21. The molecule has 0 aromatic heterocycles. The van der Waals surface area contributed by atoms with Crippen molar-refractivity contribution in [2.24, 2.45) is 0 Å². The Bertz CT molecular complexity index is 352. The molecule has 74 valence electrons. The molecule has 2 rings (SSSR count). The van der Waals surface area contributed by atoms with Crippen molar-refractivity contribution < 1.29 is 14.3 Å². The van der Waals surface area contributed by atoms with Crippen LogP contribution in [-0.2, 0) is 0 Å². The van der Waals surface area contributed by atoms with Crippen molar-refractivity contribution in [3.63, 3.8) is 0 Å². The smallest absolute Gasteiger partial charge is 0.289 e. The predicted octanol–water partition coefficient (Wildman–Crippen LogP) is 1.70. The third-order valence-corrected chi connectivity index (χ3v) is 2.57. The van der Waals surface area contributed by atoms with Gasteiger partial charge in [0.05, 0.1) is 7.05 Å². The quantitative estimate of drug-likeness (QED) is 0.449.